The number of carbonyl (C=O) groups is 1. The maximum Gasteiger partial charge on any atom is 0.350 e. The number of nitrogens with one attached hydrogen (secondary N) is 2. The van der Waals surface area contributed by atoms with Crippen molar-refractivity contribution >= 4 is 34.1 Å². The van der Waals surface area contributed by atoms with Crippen LogP contribution in [-0.4, -0.2) is 82.6 Å². The van der Waals surface area contributed by atoms with Crippen LogP contribution in [0.25, 0.3) is 0 Å². The Kier molecular flexibility index (Phi) is 11.8. The normalized spacial score (nSPS) is 15.9. The molecule has 2 aromatic carbocycles. The Morgan fingerprint density at radius 2 is 1.97 bits per heavy atom. The highest BCUT2D eigenvalue weighted by atomic mass is 35.5. The largest absolute Gasteiger partial charge is 0.503 e. The predicted octanol–water partition coefficient (Wildman–Crippen LogP) is 1.86. The van der Waals surface area contributed by atoms with E-state index < -0.39 is 28.2 Å². The number of hydrogen-bond acceptors (Lipinski definition) is 11. The average molecular weight is 591 g/mol. The van der Waals surface area contributed by atoms with Crippen molar-refractivity contribution in [3.63, 3.8) is 0 Å². The highest BCUT2D eigenvalue weighted by Gasteiger charge is 2.28. The average Bonchev–Trinajstić information content (AvgIpc) is 2.86. The van der Waals surface area contributed by atoms with Crippen LogP contribution in [0.4, 0.5) is 5.69 Å². The van der Waals surface area contributed by atoms with Gasteiger partial charge in [-0.3, -0.25) is 4.72 Å². The fourth-order valence-electron chi connectivity index (χ4n) is 3.71. The zero-order valence-electron chi connectivity index (χ0n) is 22.1. The Bertz CT molecular complexity index is 1230. The van der Waals surface area contributed by atoms with Gasteiger partial charge in [0.25, 0.3) is 0 Å². The number of anilines is 1. The number of methoxy groups -OCH3 is 1. The summed E-state index contributed by atoms with van der Waals surface area (Å²) in [6, 6.07) is 8.19. The second-order valence-electron chi connectivity index (χ2n) is 8.82. The number of phenols is 1. The molecule has 0 radical (unpaired) electrons. The molecule has 0 saturated heterocycles. The lowest BCUT2D eigenvalue weighted by molar-refractivity contribution is -0.153. The summed E-state index contributed by atoms with van der Waals surface area (Å²) in [5, 5.41) is 23.8. The molecule has 0 saturated carbocycles. The van der Waals surface area contributed by atoms with E-state index in [0.717, 1.165) is 11.8 Å². The topological polar surface area (TPSA) is 162 Å². The molecule has 0 spiro atoms. The predicted molar refractivity (Wildman–Crippen MR) is 146 cm³/mol. The van der Waals surface area contributed by atoms with Gasteiger partial charge in [-0.05, 0) is 38.0 Å². The Balaban J connectivity index is 0.00000533. The fraction of sp³-hybridized carbons (Fsp3) is 0.480. The van der Waals surface area contributed by atoms with Crippen molar-refractivity contribution in [2.45, 2.75) is 38.5 Å². The molecular weight excluding hydrogens is 556 g/mol. The van der Waals surface area contributed by atoms with E-state index in [1.165, 1.54) is 19.2 Å². The number of benzene rings is 2. The highest BCUT2D eigenvalue weighted by Crippen LogP contribution is 2.39. The minimum atomic E-state index is -3.64. The number of phenolic OH excluding ortho intramolecular Hbond substituents is 1. The van der Waals surface area contributed by atoms with Crippen LogP contribution in [0.15, 0.2) is 30.3 Å². The van der Waals surface area contributed by atoms with Gasteiger partial charge in [-0.2, -0.15) is 0 Å². The van der Waals surface area contributed by atoms with E-state index in [0.29, 0.717) is 17.9 Å². The number of esters is 1. The van der Waals surface area contributed by atoms with Crippen LogP contribution < -0.4 is 29.0 Å². The molecule has 1 aliphatic rings. The smallest absolute Gasteiger partial charge is 0.350 e. The summed E-state index contributed by atoms with van der Waals surface area (Å²) < 4.78 is 52.3. The molecule has 39 heavy (non-hydrogen) atoms. The molecule has 1 aliphatic heterocycles. The molecule has 0 aliphatic carbocycles. The molecule has 0 aromatic heterocycles. The van der Waals surface area contributed by atoms with Crippen LogP contribution in [0, 0.1) is 0 Å². The Morgan fingerprint density at radius 3 is 2.64 bits per heavy atom. The molecular formula is C25H35ClN2O10S. The van der Waals surface area contributed by atoms with E-state index in [9.17, 15) is 23.4 Å². The number of hydrogen-bond donors (Lipinski definition) is 4. The van der Waals surface area contributed by atoms with E-state index >= 15 is 0 Å². The van der Waals surface area contributed by atoms with E-state index in [1.807, 2.05) is 19.1 Å². The third kappa shape index (κ3) is 9.53. The summed E-state index contributed by atoms with van der Waals surface area (Å²) in [7, 11) is -2.32. The summed E-state index contributed by atoms with van der Waals surface area (Å²) in [6.07, 6.45) is -0.0668. The molecule has 14 heteroatoms. The van der Waals surface area contributed by atoms with Gasteiger partial charge in [0.2, 0.25) is 16.1 Å². The number of halogens is 1. The van der Waals surface area contributed by atoms with Crippen LogP contribution >= 0.6 is 12.4 Å². The molecule has 0 unspecified atom stereocenters. The minimum Gasteiger partial charge on any atom is -0.503 e. The number of aromatic hydroxyl groups is 1. The first-order chi connectivity index (χ1) is 18.0. The monoisotopic (exact) mass is 590 g/mol. The summed E-state index contributed by atoms with van der Waals surface area (Å²) >= 11 is 0. The van der Waals surface area contributed by atoms with Gasteiger partial charge in [-0.25, -0.2) is 13.2 Å². The van der Waals surface area contributed by atoms with Crippen molar-refractivity contribution < 1.29 is 47.1 Å². The summed E-state index contributed by atoms with van der Waals surface area (Å²) in [6.45, 7) is 4.19. The second-order valence-corrected chi connectivity index (χ2v) is 10.6. The molecule has 0 fully saturated rings. The molecule has 0 amide bonds. The second kappa shape index (κ2) is 14.3. The zero-order valence-corrected chi connectivity index (χ0v) is 23.8. The Hall–Kier alpha value is -3.13. The van der Waals surface area contributed by atoms with Crippen molar-refractivity contribution in [2.24, 2.45) is 0 Å². The molecule has 4 N–H and O–H groups in total. The molecule has 0 bridgehead atoms. The Labute approximate surface area is 234 Å². The van der Waals surface area contributed by atoms with E-state index in [2.05, 4.69) is 10.0 Å². The van der Waals surface area contributed by atoms with Gasteiger partial charge in [0.05, 0.1) is 25.7 Å². The number of carbonyl (C=O) groups excluding carboxylic acids is 1. The van der Waals surface area contributed by atoms with Gasteiger partial charge < -0.3 is 39.2 Å². The first kappa shape index (κ1) is 32.1. The summed E-state index contributed by atoms with van der Waals surface area (Å²) in [4.78, 5) is 11.9. The molecule has 1 heterocycles. The van der Waals surface area contributed by atoms with E-state index in [1.54, 1.807) is 13.0 Å². The summed E-state index contributed by atoms with van der Waals surface area (Å²) in [5.41, 5.74) is 0.883. The maximum absolute atomic E-state index is 11.9. The number of aliphatic hydroxyl groups is 1. The van der Waals surface area contributed by atoms with Crippen molar-refractivity contribution in [1.29, 1.82) is 0 Å². The van der Waals surface area contributed by atoms with E-state index in [-0.39, 0.29) is 67.8 Å². The molecule has 3 rings (SSSR count). The zero-order chi connectivity index (χ0) is 27.9. The number of fused-ring (bicyclic) bond motifs is 1. The van der Waals surface area contributed by atoms with Crippen LogP contribution in [0.2, 0.25) is 0 Å². The number of sulfonamides is 1. The molecule has 2 aromatic rings. The van der Waals surface area contributed by atoms with Crippen LogP contribution in [0.3, 0.4) is 0 Å². The first-order valence-electron chi connectivity index (χ1n) is 12.0. The van der Waals surface area contributed by atoms with Crippen LogP contribution in [0.5, 0.6) is 28.7 Å². The van der Waals surface area contributed by atoms with Gasteiger partial charge >= 0.3 is 5.97 Å². The van der Waals surface area contributed by atoms with Gasteiger partial charge in [-0.1, -0.05) is 6.07 Å². The van der Waals surface area contributed by atoms with Gasteiger partial charge in [0.15, 0.2) is 23.0 Å². The maximum atomic E-state index is 11.9. The van der Waals surface area contributed by atoms with Crippen LogP contribution in [-0.2, 0) is 26.0 Å². The molecule has 12 nitrogen and oxygen atoms in total. The first-order valence-corrected chi connectivity index (χ1v) is 13.9. The quantitative estimate of drug-likeness (QED) is 0.199. The van der Waals surface area contributed by atoms with Gasteiger partial charge in [0, 0.05) is 24.7 Å². The van der Waals surface area contributed by atoms with E-state index in [4.69, 9.17) is 23.7 Å². The lowest BCUT2D eigenvalue weighted by Gasteiger charge is -2.25. The number of rotatable bonds is 13. The Morgan fingerprint density at radius 1 is 1.23 bits per heavy atom. The SMILES string of the molecule is CCOC(=O)[C@H]1COc2cc(C[C@@H](C)NC[C@H](O)COc3cc(NS(C)(=O)=O)c(O)c(OC)c3)ccc2O1.Cl. The molecule has 3 atom stereocenters. The van der Waals surface area contributed by atoms with Crippen molar-refractivity contribution in [1.82, 2.24) is 5.32 Å². The highest BCUT2D eigenvalue weighted by molar-refractivity contribution is 7.92. The lowest BCUT2D eigenvalue weighted by Crippen LogP contribution is -2.38. The van der Waals surface area contributed by atoms with Crippen molar-refractivity contribution in [3.05, 3.63) is 35.9 Å². The standard InChI is InChI=1S/C25H34N2O10S.ClH/c1-5-34-25(30)23-14-36-21-9-16(6-7-20(21)37-23)8-15(2)26-12-17(28)13-35-18-10-19(27-38(4,31)32)24(29)22(11-18)33-3;/h6-7,9-11,15,17,23,26-29H,5,8,12-14H2,1-4H3;1H/t15-,17+,23-;/m1./s1. The third-order valence-corrected chi connectivity index (χ3v) is 6.06. The summed E-state index contributed by atoms with van der Waals surface area (Å²) in [5.74, 6) is 0.423. The fourth-order valence-corrected chi connectivity index (χ4v) is 4.26. The van der Waals surface area contributed by atoms with Crippen LogP contribution in [0.1, 0.15) is 19.4 Å². The van der Waals surface area contributed by atoms with Crippen molar-refractivity contribution in [2.75, 3.05) is 44.5 Å². The minimum absolute atomic E-state index is 0. The lowest BCUT2D eigenvalue weighted by atomic mass is 10.1. The van der Waals surface area contributed by atoms with Gasteiger partial charge in [-0.15, -0.1) is 12.4 Å². The van der Waals surface area contributed by atoms with Crippen molar-refractivity contribution in [3.8, 4) is 28.7 Å². The third-order valence-electron chi connectivity index (χ3n) is 5.47. The molecule has 218 valence electrons. The van der Waals surface area contributed by atoms with Gasteiger partial charge in [0.1, 0.15) is 25.1 Å². The number of aliphatic hydroxyl groups excluding tert-OH is 1. The number of ether oxygens (including phenoxy) is 5.